The van der Waals surface area contributed by atoms with Crippen molar-refractivity contribution in [1.82, 2.24) is 10.2 Å². The van der Waals surface area contributed by atoms with Crippen molar-refractivity contribution in [3.8, 4) is 16.9 Å². The maximum absolute atomic E-state index is 13.7. The molecule has 4 aromatic carbocycles. The Balaban J connectivity index is 1.19. The molecule has 0 unspecified atom stereocenters. The molecule has 8 heteroatoms. The van der Waals surface area contributed by atoms with Crippen molar-refractivity contribution >= 4 is 29.2 Å². The van der Waals surface area contributed by atoms with Gasteiger partial charge >= 0.3 is 6.03 Å². The topological polar surface area (TPSA) is 99.8 Å². The summed E-state index contributed by atoms with van der Waals surface area (Å²) in [6.07, 6.45) is 1.45. The number of anilines is 2. The van der Waals surface area contributed by atoms with E-state index >= 15 is 0 Å². The number of likely N-dealkylation sites (tertiary alicyclic amines) is 1. The molecule has 1 saturated heterocycles. The molecule has 0 aromatic heterocycles. The van der Waals surface area contributed by atoms with Crippen LogP contribution < -0.4 is 20.7 Å². The van der Waals surface area contributed by atoms with E-state index in [2.05, 4.69) is 16.0 Å². The normalized spacial score (nSPS) is 13.9. The van der Waals surface area contributed by atoms with Gasteiger partial charge < -0.3 is 25.6 Å². The van der Waals surface area contributed by atoms with Gasteiger partial charge in [-0.25, -0.2) is 4.79 Å². The lowest BCUT2D eigenvalue weighted by Crippen LogP contribution is -2.53. The van der Waals surface area contributed by atoms with Crippen molar-refractivity contribution in [1.29, 1.82) is 0 Å². The zero-order valence-electron chi connectivity index (χ0n) is 24.2. The fourth-order valence-corrected chi connectivity index (χ4v) is 5.25. The molecule has 0 bridgehead atoms. The Kier molecular flexibility index (Phi) is 9.69. The van der Waals surface area contributed by atoms with Gasteiger partial charge in [-0.15, -0.1) is 0 Å². The maximum Gasteiger partial charge on any atom is 0.319 e. The third-order valence-electron chi connectivity index (χ3n) is 7.67. The first-order valence-corrected chi connectivity index (χ1v) is 14.5. The van der Waals surface area contributed by atoms with Crippen LogP contribution in [0.3, 0.4) is 0 Å². The van der Waals surface area contributed by atoms with E-state index in [0.29, 0.717) is 43.7 Å². The molecule has 3 N–H and O–H groups in total. The second-order valence-electron chi connectivity index (χ2n) is 10.6. The van der Waals surface area contributed by atoms with Gasteiger partial charge in [0.15, 0.2) is 0 Å². The van der Waals surface area contributed by atoms with Crippen molar-refractivity contribution in [2.24, 2.45) is 5.92 Å². The lowest BCUT2D eigenvalue weighted by atomic mass is 9.94. The van der Waals surface area contributed by atoms with Crippen LogP contribution in [0, 0.1) is 5.92 Å². The zero-order valence-corrected chi connectivity index (χ0v) is 24.2. The standard InChI is InChI=1S/C35H36N4O4/c1-43-31-18-16-29(17-19-31)36-33(40)28-20-22-39(23-21-28)34(41)32(24-25-8-4-2-5-9-25)38-35(42)37-30-14-12-27(13-15-30)26-10-6-3-7-11-26/h2-19,28,32H,20-24H2,1H3,(H,36,40)(H2,37,38,42)/t32-/m1/s1. The SMILES string of the molecule is COc1ccc(NC(=O)C2CCN(C(=O)[C@@H](Cc3ccccc3)NC(=O)Nc3ccc(-c4ccccc4)cc3)CC2)cc1. The minimum atomic E-state index is -0.754. The summed E-state index contributed by atoms with van der Waals surface area (Å²) >= 11 is 0. The van der Waals surface area contributed by atoms with Crippen LogP contribution in [0.1, 0.15) is 18.4 Å². The van der Waals surface area contributed by atoms with Gasteiger partial charge in [-0.1, -0.05) is 72.8 Å². The first-order chi connectivity index (χ1) is 21.0. The summed E-state index contributed by atoms with van der Waals surface area (Å²) < 4.78 is 5.17. The third-order valence-corrected chi connectivity index (χ3v) is 7.67. The summed E-state index contributed by atoms with van der Waals surface area (Å²) in [5.74, 6) is 0.299. The van der Waals surface area contributed by atoms with Gasteiger partial charge in [0.25, 0.3) is 0 Å². The van der Waals surface area contributed by atoms with E-state index in [1.807, 2.05) is 84.9 Å². The Morgan fingerprint density at radius 3 is 1.93 bits per heavy atom. The Morgan fingerprint density at radius 2 is 1.30 bits per heavy atom. The van der Waals surface area contributed by atoms with Gasteiger partial charge in [-0.3, -0.25) is 9.59 Å². The predicted octanol–water partition coefficient (Wildman–Crippen LogP) is 5.97. The quantitative estimate of drug-likeness (QED) is 0.229. The molecule has 0 spiro atoms. The molecule has 43 heavy (non-hydrogen) atoms. The molecule has 0 aliphatic carbocycles. The highest BCUT2D eigenvalue weighted by Crippen LogP contribution is 2.23. The number of hydrogen-bond donors (Lipinski definition) is 3. The van der Waals surface area contributed by atoms with Crippen molar-refractivity contribution in [2.45, 2.75) is 25.3 Å². The number of benzene rings is 4. The maximum atomic E-state index is 13.7. The van der Waals surface area contributed by atoms with Crippen molar-refractivity contribution in [3.05, 3.63) is 115 Å². The zero-order chi connectivity index (χ0) is 30.0. The van der Waals surface area contributed by atoms with Gasteiger partial charge in [0, 0.05) is 36.8 Å². The summed E-state index contributed by atoms with van der Waals surface area (Å²) in [5, 5.41) is 8.73. The Labute approximate surface area is 252 Å². The highest BCUT2D eigenvalue weighted by molar-refractivity contribution is 5.95. The molecule has 1 fully saturated rings. The number of nitrogens with zero attached hydrogens (tertiary/aromatic N) is 1. The number of carbonyl (C=O) groups excluding carboxylic acids is 3. The lowest BCUT2D eigenvalue weighted by Gasteiger charge is -2.34. The van der Waals surface area contributed by atoms with Crippen molar-refractivity contribution < 1.29 is 19.1 Å². The van der Waals surface area contributed by atoms with Gasteiger partial charge in [-0.05, 0) is 65.9 Å². The molecule has 0 saturated carbocycles. The van der Waals surface area contributed by atoms with Crippen molar-refractivity contribution in [2.75, 3.05) is 30.8 Å². The fraction of sp³-hybridized carbons (Fsp3) is 0.229. The van der Waals surface area contributed by atoms with Gasteiger partial charge in [0.2, 0.25) is 11.8 Å². The average Bonchev–Trinajstić information content (AvgIpc) is 3.06. The smallest absolute Gasteiger partial charge is 0.319 e. The molecule has 8 nitrogen and oxygen atoms in total. The van der Waals surface area contributed by atoms with Crippen LogP contribution in [0.25, 0.3) is 11.1 Å². The molecule has 4 aromatic rings. The third kappa shape index (κ3) is 8.01. The van der Waals surface area contributed by atoms with Crippen molar-refractivity contribution in [3.63, 3.8) is 0 Å². The largest absolute Gasteiger partial charge is 0.497 e. The average molecular weight is 577 g/mol. The number of nitrogens with one attached hydrogen (secondary N) is 3. The molecular formula is C35H36N4O4. The van der Waals surface area contributed by atoms with Gasteiger partial charge in [-0.2, -0.15) is 0 Å². The number of rotatable bonds is 9. The monoisotopic (exact) mass is 576 g/mol. The molecule has 1 atom stereocenters. The number of ether oxygens (including phenoxy) is 1. The summed E-state index contributed by atoms with van der Waals surface area (Å²) in [4.78, 5) is 41.4. The van der Waals surface area contributed by atoms with Crippen LogP contribution in [0.4, 0.5) is 16.2 Å². The molecule has 4 amide bonds. The number of hydrogen-bond acceptors (Lipinski definition) is 4. The molecule has 1 aliphatic heterocycles. The second kappa shape index (κ2) is 14.2. The minimum absolute atomic E-state index is 0.0612. The number of piperidine rings is 1. The van der Waals surface area contributed by atoms with E-state index in [0.717, 1.165) is 22.4 Å². The fourth-order valence-electron chi connectivity index (χ4n) is 5.25. The Morgan fingerprint density at radius 1 is 0.744 bits per heavy atom. The van der Waals surface area contributed by atoms with E-state index in [-0.39, 0.29) is 17.7 Å². The number of carbonyl (C=O) groups is 3. The lowest BCUT2D eigenvalue weighted by molar-refractivity contribution is -0.136. The van der Waals surface area contributed by atoms with Crippen LogP contribution >= 0.6 is 0 Å². The summed E-state index contributed by atoms with van der Waals surface area (Å²) in [6, 6.07) is 33.2. The van der Waals surface area contributed by atoms with E-state index in [1.54, 1.807) is 36.3 Å². The van der Waals surface area contributed by atoms with Crippen LogP contribution in [-0.4, -0.2) is 49.0 Å². The minimum Gasteiger partial charge on any atom is -0.497 e. The number of methoxy groups -OCH3 is 1. The molecule has 220 valence electrons. The van der Waals surface area contributed by atoms with Crippen LogP contribution in [0.5, 0.6) is 5.75 Å². The highest BCUT2D eigenvalue weighted by atomic mass is 16.5. The molecule has 1 heterocycles. The summed E-state index contributed by atoms with van der Waals surface area (Å²) in [7, 11) is 1.60. The molecule has 0 radical (unpaired) electrons. The van der Waals surface area contributed by atoms with E-state index < -0.39 is 12.1 Å². The van der Waals surface area contributed by atoms with Crippen LogP contribution in [0.2, 0.25) is 0 Å². The molecule has 1 aliphatic rings. The Bertz CT molecular complexity index is 1500. The molecule has 5 rings (SSSR count). The first-order valence-electron chi connectivity index (χ1n) is 14.5. The van der Waals surface area contributed by atoms with Crippen LogP contribution in [0.15, 0.2) is 109 Å². The van der Waals surface area contributed by atoms with E-state index in [4.69, 9.17) is 4.74 Å². The number of urea groups is 1. The molecular weight excluding hydrogens is 540 g/mol. The second-order valence-corrected chi connectivity index (χ2v) is 10.6. The van der Waals surface area contributed by atoms with Gasteiger partial charge in [0.1, 0.15) is 11.8 Å². The number of amides is 4. The first kappa shape index (κ1) is 29.4. The summed E-state index contributed by atoms with van der Waals surface area (Å²) in [6.45, 7) is 0.879. The Hall–Kier alpha value is -5.11. The van der Waals surface area contributed by atoms with Crippen LogP contribution in [-0.2, 0) is 16.0 Å². The predicted molar refractivity (Wildman–Crippen MR) is 169 cm³/mol. The van der Waals surface area contributed by atoms with E-state index in [9.17, 15) is 14.4 Å². The van der Waals surface area contributed by atoms with Gasteiger partial charge in [0.05, 0.1) is 7.11 Å². The highest BCUT2D eigenvalue weighted by Gasteiger charge is 2.32. The summed E-state index contributed by atoms with van der Waals surface area (Å²) in [5.41, 5.74) is 4.42. The van der Waals surface area contributed by atoms with E-state index in [1.165, 1.54) is 0 Å².